The molecule has 0 atom stereocenters. The van der Waals surface area contributed by atoms with Crippen molar-refractivity contribution in [3.05, 3.63) is 48.7 Å². The molecule has 3 aromatic heterocycles. The molecule has 11 nitrogen and oxygen atoms in total. The summed E-state index contributed by atoms with van der Waals surface area (Å²) in [7, 11) is 0. The third-order valence-electron chi connectivity index (χ3n) is 5.93. The standard InChI is InChI=1S/C28H31N7O4S/c1-28(2,3)39-27(37)31-16-23(36)32-19-6-4-5-17(13-19)21-14-20-24(40-21)26(35-9-11-38-12-10-35)34-25(33-20)18-7-8-22(29)30-15-18/h4-8,13-15H,9-12,16H2,1-3H3,(H2,29,30)(H,31,37)(H,32,36). The molecule has 5 rings (SSSR count). The minimum absolute atomic E-state index is 0.205. The highest BCUT2D eigenvalue weighted by Gasteiger charge is 2.21. The van der Waals surface area contributed by atoms with Gasteiger partial charge in [-0.1, -0.05) is 12.1 Å². The van der Waals surface area contributed by atoms with Crippen molar-refractivity contribution in [1.82, 2.24) is 20.3 Å². The Morgan fingerprint density at radius 3 is 2.62 bits per heavy atom. The number of benzene rings is 1. The van der Waals surface area contributed by atoms with Crippen molar-refractivity contribution >= 4 is 50.9 Å². The first-order valence-corrected chi connectivity index (χ1v) is 13.7. The van der Waals surface area contributed by atoms with Gasteiger partial charge >= 0.3 is 6.09 Å². The first-order valence-electron chi connectivity index (χ1n) is 12.9. The number of morpholine rings is 1. The van der Waals surface area contributed by atoms with Crippen LogP contribution in [0.25, 0.3) is 32.0 Å². The molecule has 1 fully saturated rings. The molecule has 0 aliphatic carbocycles. The first kappa shape index (κ1) is 27.3. The van der Waals surface area contributed by atoms with E-state index < -0.39 is 11.7 Å². The van der Waals surface area contributed by atoms with Gasteiger partial charge in [0.25, 0.3) is 0 Å². The number of alkyl carbamates (subject to hydrolysis) is 1. The molecule has 0 spiro atoms. The number of ether oxygens (including phenoxy) is 2. The third-order valence-corrected chi connectivity index (χ3v) is 7.10. The number of amides is 2. The van der Waals surface area contributed by atoms with Gasteiger partial charge in [-0.2, -0.15) is 0 Å². The largest absolute Gasteiger partial charge is 0.444 e. The van der Waals surface area contributed by atoms with Crippen molar-refractivity contribution in [2.75, 3.05) is 48.8 Å². The number of aromatic nitrogens is 3. The van der Waals surface area contributed by atoms with Crippen LogP contribution < -0.4 is 21.3 Å². The van der Waals surface area contributed by atoms with Crippen LogP contribution in [-0.4, -0.2) is 65.4 Å². The molecule has 4 aromatic rings. The monoisotopic (exact) mass is 561 g/mol. The van der Waals surface area contributed by atoms with Crippen molar-refractivity contribution in [2.45, 2.75) is 26.4 Å². The molecule has 4 N–H and O–H groups in total. The predicted molar refractivity (Wildman–Crippen MR) is 156 cm³/mol. The maximum Gasteiger partial charge on any atom is 0.408 e. The SMILES string of the molecule is CC(C)(C)OC(=O)NCC(=O)Nc1cccc(-c2cc3nc(-c4ccc(N)nc4)nc(N4CCOCC4)c3s2)c1. The lowest BCUT2D eigenvalue weighted by Crippen LogP contribution is -2.37. The van der Waals surface area contributed by atoms with Crippen LogP contribution in [0, 0.1) is 0 Å². The summed E-state index contributed by atoms with van der Waals surface area (Å²) in [4.78, 5) is 41.5. The number of hydrogen-bond donors (Lipinski definition) is 3. The summed E-state index contributed by atoms with van der Waals surface area (Å²) < 4.78 is 11.7. The van der Waals surface area contributed by atoms with Crippen LogP contribution in [0.2, 0.25) is 0 Å². The smallest absolute Gasteiger partial charge is 0.408 e. The zero-order chi connectivity index (χ0) is 28.3. The summed E-state index contributed by atoms with van der Waals surface area (Å²) in [6.07, 6.45) is 1.03. The van der Waals surface area contributed by atoms with Crippen LogP contribution in [0.3, 0.4) is 0 Å². The molecule has 4 heterocycles. The quantitative estimate of drug-likeness (QED) is 0.314. The highest BCUT2D eigenvalue weighted by Crippen LogP contribution is 2.39. The number of nitrogens with zero attached hydrogens (tertiary/aromatic N) is 4. The average molecular weight is 562 g/mol. The number of anilines is 3. The molecule has 2 amide bonds. The van der Waals surface area contributed by atoms with E-state index in [1.807, 2.05) is 30.3 Å². The number of thiophene rings is 1. The van der Waals surface area contributed by atoms with E-state index in [2.05, 4.69) is 20.5 Å². The summed E-state index contributed by atoms with van der Waals surface area (Å²) in [5.41, 5.74) is 8.27. The number of hydrogen-bond acceptors (Lipinski definition) is 10. The van der Waals surface area contributed by atoms with E-state index in [-0.39, 0.29) is 12.5 Å². The van der Waals surface area contributed by atoms with Crippen LogP contribution in [0.5, 0.6) is 0 Å². The van der Waals surface area contributed by atoms with Crippen LogP contribution >= 0.6 is 11.3 Å². The van der Waals surface area contributed by atoms with E-state index >= 15 is 0 Å². The third kappa shape index (κ3) is 6.64. The summed E-state index contributed by atoms with van der Waals surface area (Å²) >= 11 is 1.59. The lowest BCUT2D eigenvalue weighted by Gasteiger charge is -2.28. The van der Waals surface area contributed by atoms with Gasteiger partial charge in [0.15, 0.2) is 11.6 Å². The van der Waals surface area contributed by atoms with Gasteiger partial charge in [-0.25, -0.2) is 19.7 Å². The van der Waals surface area contributed by atoms with Crippen LogP contribution in [0.4, 0.5) is 22.1 Å². The second-order valence-electron chi connectivity index (χ2n) is 10.3. The number of fused-ring (bicyclic) bond motifs is 1. The molecule has 208 valence electrons. The van der Waals surface area contributed by atoms with Gasteiger partial charge in [0.1, 0.15) is 18.0 Å². The zero-order valence-corrected chi connectivity index (χ0v) is 23.4. The van der Waals surface area contributed by atoms with Crippen LogP contribution in [0.1, 0.15) is 20.8 Å². The lowest BCUT2D eigenvalue weighted by molar-refractivity contribution is -0.115. The minimum Gasteiger partial charge on any atom is -0.444 e. The van der Waals surface area contributed by atoms with E-state index in [0.29, 0.717) is 30.5 Å². The van der Waals surface area contributed by atoms with Gasteiger partial charge in [0, 0.05) is 35.4 Å². The summed E-state index contributed by atoms with van der Waals surface area (Å²) in [6, 6.07) is 13.2. The number of carbonyl (C=O) groups excluding carboxylic acids is 2. The van der Waals surface area contributed by atoms with Crippen molar-refractivity contribution in [2.24, 2.45) is 0 Å². The maximum atomic E-state index is 12.5. The zero-order valence-electron chi connectivity index (χ0n) is 22.6. The number of pyridine rings is 1. The van der Waals surface area contributed by atoms with Crippen LogP contribution in [0.15, 0.2) is 48.7 Å². The Bertz CT molecular complexity index is 1530. The topological polar surface area (TPSA) is 145 Å². The molecule has 1 aliphatic rings. The normalized spacial score (nSPS) is 13.7. The van der Waals surface area contributed by atoms with Gasteiger partial charge in [-0.15, -0.1) is 11.3 Å². The molecule has 1 saturated heterocycles. The predicted octanol–water partition coefficient (Wildman–Crippen LogP) is 4.30. The molecule has 0 saturated carbocycles. The highest BCUT2D eigenvalue weighted by molar-refractivity contribution is 7.22. The molecule has 0 radical (unpaired) electrons. The fraction of sp³-hybridized carbons (Fsp3) is 0.321. The Kier molecular flexibility index (Phi) is 7.81. The highest BCUT2D eigenvalue weighted by atomic mass is 32.1. The second kappa shape index (κ2) is 11.4. The van der Waals surface area contributed by atoms with Gasteiger partial charge in [-0.3, -0.25) is 4.79 Å². The summed E-state index contributed by atoms with van der Waals surface area (Å²) in [5.74, 6) is 1.50. The van der Waals surface area contributed by atoms with Gasteiger partial charge in [-0.05, 0) is 56.7 Å². The Morgan fingerprint density at radius 2 is 1.90 bits per heavy atom. The number of nitrogen functional groups attached to an aromatic ring is 1. The Balaban J connectivity index is 1.41. The van der Waals surface area contributed by atoms with E-state index in [0.717, 1.165) is 45.1 Å². The Morgan fingerprint density at radius 1 is 1.10 bits per heavy atom. The molecule has 40 heavy (non-hydrogen) atoms. The average Bonchev–Trinajstić information content (AvgIpc) is 3.36. The van der Waals surface area contributed by atoms with Crippen LogP contribution in [-0.2, 0) is 14.3 Å². The molecule has 1 aliphatic heterocycles. The van der Waals surface area contributed by atoms with Crippen molar-refractivity contribution in [3.63, 3.8) is 0 Å². The Hall–Kier alpha value is -4.29. The van der Waals surface area contributed by atoms with Gasteiger partial charge in [0.2, 0.25) is 5.91 Å². The fourth-order valence-electron chi connectivity index (χ4n) is 4.14. The maximum absolute atomic E-state index is 12.5. The minimum atomic E-state index is -0.645. The molecule has 0 bridgehead atoms. The number of rotatable bonds is 6. The van der Waals surface area contributed by atoms with E-state index in [9.17, 15) is 9.59 Å². The van der Waals surface area contributed by atoms with Crippen molar-refractivity contribution in [3.8, 4) is 21.8 Å². The molecular formula is C28H31N7O4S. The molecule has 12 heteroatoms. The van der Waals surface area contributed by atoms with Gasteiger partial charge < -0.3 is 30.7 Å². The lowest BCUT2D eigenvalue weighted by atomic mass is 10.1. The number of carbonyl (C=O) groups is 2. The van der Waals surface area contributed by atoms with E-state index in [4.69, 9.17) is 25.2 Å². The number of nitrogens with one attached hydrogen (secondary N) is 2. The summed E-state index contributed by atoms with van der Waals surface area (Å²) in [5, 5.41) is 5.30. The second-order valence-corrected chi connectivity index (χ2v) is 11.3. The van der Waals surface area contributed by atoms with E-state index in [1.165, 1.54) is 0 Å². The molecular weight excluding hydrogens is 530 g/mol. The number of nitrogens with two attached hydrogens (primary N) is 1. The van der Waals surface area contributed by atoms with E-state index in [1.54, 1.807) is 50.4 Å². The molecule has 1 aromatic carbocycles. The van der Waals surface area contributed by atoms with Crippen molar-refractivity contribution in [1.29, 1.82) is 0 Å². The fourth-order valence-corrected chi connectivity index (χ4v) is 5.25. The summed E-state index contributed by atoms with van der Waals surface area (Å²) in [6.45, 7) is 7.81. The van der Waals surface area contributed by atoms with Gasteiger partial charge in [0.05, 0.1) is 23.4 Å². The first-order chi connectivity index (χ1) is 19.1. The Labute approximate surface area is 235 Å². The molecule has 0 unspecified atom stereocenters. The van der Waals surface area contributed by atoms with Crippen molar-refractivity contribution < 1.29 is 19.1 Å².